The van der Waals surface area contributed by atoms with Gasteiger partial charge in [-0.3, -0.25) is 9.71 Å². The maximum Gasteiger partial charge on any atom is 0.152 e. The molecule has 3 heterocycles. The van der Waals surface area contributed by atoms with E-state index in [1.165, 1.54) is 0 Å². The van der Waals surface area contributed by atoms with Crippen LogP contribution >= 0.6 is 11.9 Å². The molecule has 0 atom stereocenters. The molecule has 25 heavy (non-hydrogen) atoms. The first-order valence-corrected chi connectivity index (χ1v) is 9.39. The Morgan fingerprint density at radius 2 is 2.04 bits per heavy atom. The summed E-state index contributed by atoms with van der Waals surface area (Å²) in [4.78, 5) is 13.5. The molecular formula is C17H26N6OS. The summed E-state index contributed by atoms with van der Waals surface area (Å²) in [6, 6.07) is 3.82. The fourth-order valence-electron chi connectivity index (χ4n) is 2.66. The quantitative estimate of drug-likeness (QED) is 0.457. The van der Waals surface area contributed by atoms with Crippen LogP contribution in [0.3, 0.4) is 0 Å². The summed E-state index contributed by atoms with van der Waals surface area (Å²) in [5.74, 6) is 2.54. The minimum absolute atomic E-state index is 0.250. The third-order valence-corrected chi connectivity index (χ3v) is 4.46. The molecule has 0 aliphatic heterocycles. The molecule has 0 saturated carbocycles. The van der Waals surface area contributed by atoms with Gasteiger partial charge in [0.25, 0.3) is 0 Å². The number of fused-ring (bicyclic) bond motifs is 3. The smallest absolute Gasteiger partial charge is 0.152 e. The lowest BCUT2D eigenvalue weighted by molar-refractivity contribution is 0.318. The third kappa shape index (κ3) is 4.59. The largest absolute Gasteiger partial charge is 0.397 e. The number of aliphatic hydroxyl groups is 1. The number of hydrogen-bond donors (Lipinski definition) is 3. The van der Waals surface area contributed by atoms with E-state index in [4.69, 9.17) is 10.8 Å². The molecule has 0 fully saturated rings. The molecule has 0 aliphatic carbocycles. The summed E-state index contributed by atoms with van der Waals surface area (Å²) in [5.41, 5.74) is 9.52. The summed E-state index contributed by atoms with van der Waals surface area (Å²) in [7, 11) is 1.95. The van der Waals surface area contributed by atoms with Gasteiger partial charge >= 0.3 is 0 Å². The molecule has 0 aliphatic rings. The van der Waals surface area contributed by atoms with Crippen LogP contribution in [0.15, 0.2) is 18.3 Å². The fourth-order valence-corrected chi connectivity index (χ4v) is 3.21. The van der Waals surface area contributed by atoms with Crippen LogP contribution in [0.4, 0.5) is 5.82 Å². The normalized spacial score (nSPS) is 10.9. The maximum absolute atomic E-state index is 7.57. The topological polar surface area (TPSA) is 102 Å². The van der Waals surface area contributed by atoms with Crippen molar-refractivity contribution in [1.82, 2.24) is 24.2 Å². The number of nitrogens with one attached hydrogen (secondary N) is 1. The van der Waals surface area contributed by atoms with Crippen molar-refractivity contribution in [1.29, 1.82) is 0 Å². The number of nitrogen functional groups attached to an aromatic ring is 1. The Balaban J connectivity index is 0.000000701. The van der Waals surface area contributed by atoms with Crippen LogP contribution in [0.2, 0.25) is 0 Å². The maximum atomic E-state index is 7.57. The predicted octanol–water partition coefficient (Wildman–Crippen LogP) is 2.52. The number of aryl methyl sites for hydroxylation is 2. The number of nitrogens with zero attached hydrogens (tertiary/aromatic N) is 4. The Morgan fingerprint density at radius 3 is 2.76 bits per heavy atom. The Bertz CT molecular complexity index is 820. The highest BCUT2D eigenvalue weighted by atomic mass is 32.2. The summed E-state index contributed by atoms with van der Waals surface area (Å²) in [5, 5.41) is 7.57. The van der Waals surface area contributed by atoms with Gasteiger partial charge in [-0.25, -0.2) is 9.97 Å². The molecule has 0 bridgehead atoms. The standard InChI is InChI=1S/C15H20N6S.C2H6O/c1-10-19-13-14(21(10)8-3-4-9-22-17-2)12-11(20-15(13)16)6-5-7-18-12;1-2-3/h5-7,17H,3-4,8-9H2,1-2H3,(H2,16,20);3H,2H2,1H3. The highest BCUT2D eigenvalue weighted by Crippen LogP contribution is 2.27. The number of aliphatic hydroxyl groups excluding tert-OH is 1. The molecule has 3 aromatic rings. The lowest BCUT2D eigenvalue weighted by atomic mass is 10.2. The number of anilines is 1. The minimum Gasteiger partial charge on any atom is -0.397 e. The lowest BCUT2D eigenvalue weighted by Gasteiger charge is -2.08. The first-order chi connectivity index (χ1) is 12.1. The Labute approximate surface area is 152 Å². The van der Waals surface area contributed by atoms with Crippen molar-refractivity contribution in [2.45, 2.75) is 33.2 Å². The molecule has 136 valence electrons. The van der Waals surface area contributed by atoms with Crippen molar-refractivity contribution in [3.8, 4) is 0 Å². The highest BCUT2D eigenvalue weighted by molar-refractivity contribution is 7.97. The number of unbranched alkanes of at least 4 members (excludes halogenated alkanes) is 1. The van der Waals surface area contributed by atoms with E-state index < -0.39 is 0 Å². The Morgan fingerprint density at radius 1 is 1.28 bits per heavy atom. The molecule has 0 spiro atoms. The summed E-state index contributed by atoms with van der Waals surface area (Å²) in [6.07, 6.45) is 4.03. The van der Waals surface area contributed by atoms with Crippen LogP contribution in [-0.2, 0) is 6.54 Å². The van der Waals surface area contributed by atoms with Gasteiger partial charge in [0.1, 0.15) is 22.4 Å². The number of nitrogens with two attached hydrogens (primary N) is 1. The van der Waals surface area contributed by atoms with Crippen LogP contribution in [-0.4, -0.2) is 44.0 Å². The molecule has 7 nitrogen and oxygen atoms in total. The highest BCUT2D eigenvalue weighted by Gasteiger charge is 2.15. The van der Waals surface area contributed by atoms with Gasteiger partial charge in [-0.2, -0.15) is 0 Å². The van der Waals surface area contributed by atoms with Gasteiger partial charge in [-0.1, -0.05) is 11.9 Å². The van der Waals surface area contributed by atoms with E-state index in [9.17, 15) is 0 Å². The van der Waals surface area contributed by atoms with Crippen LogP contribution < -0.4 is 10.5 Å². The van der Waals surface area contributed by atoms with Crippen molar-refractivity contribution in [3.63, 3.8) is 0 Å². The molecular weight excluding hydrogens is 336 g/mol. The fraction of sp³-hybridized carbons (Fsp3) is 0.471. The van der Waals surface area contributed by atoms with Gasteiger partial charge in [0.15, 0.2) is 5.82 Å². The molecule has 0 amide bonds. The van der Waals surface area contributed by atoms with Gasteiger partial charge in [-0.05, 0) is 45.9 Å². The van der Waals surface area contributed by atoms with E-state index in [0.717, 1.165) is 53.0 Å². The summed E-state index contributed by atoms with van der Waals surface area (Å²) >= 11 is 1.74. The molecule has 8 heteroatoms. The average Bonchev–Trinajstić information content (AvgIpc) is 2.93. The first kappa shape index (κ1) is 19.4. The summed E-state index contributed by atoms with van der Waals surface area (Å²) < 4.78 is 5.31. The Kier molecular flexibility index (Phi) is 7.42. The second-order valence-corrected chi connectivity index (χ2v) is 6.56. The van der Waals surface area contributed by atoms with Gasteiger partial charge in [0.05, 0.1) is 5.52 Å². The van der Waals surface area contributed by atoms with E-state index in [1.54, 1.807) is 25.1 Å². The molecule has 3 rings (SSSR count). The second-order valence-electron chi connectivity index (χ2n) is 5.45. The van der Waals surface area contributed by atoms with Crippen LogP contribution in [0.25, 0.3) is 22.1 Å². The second kappa shape index (κ2) is 9.55. The van der Waals surface area contributed by atoms with E-state index in [-0.39, 0.29) is 6.61 Å². The lowest BCUT2D eigenvalue weighted by Crippen LogP contribution is -2.03. The van der Waals surface area contributed by atoms with Crippen LogP contribution in [0, 0.1) is 6.92 Å². The van der Waals surface area contributed by atoms with E-state index >= 15 is 0 Å². The monoisotopic (exact) mass is 362 g/mol. The van der Waals surface area contributed by atoms with Gasteiger partial charge in [-0.15, -0.1) is 0 Å². The first-order valence-electron chi connectivity index (χ1n) is 8.40. The number of aromatic nitrogens is 4. The zero-order valence-electron chi connectivity index (χ0n) is 15.0. The number of rotatable bonds is 6. The number of pyridine rings is 2. The van der Waals surface area contributed by atoms with Crippen LogP contribution in [0.1, 0.15) is 25.6 Å². The predicted molar refractivity (Wildman–Crippen MR) is 105 cm³/mol. The zero-order chi connectivity index (χ0) is 18.2. The van der Waals surface area contributed by atoms with Gasteiger partial charge < -0.3 is 15.4 Å². The van der Waals surface area contributed by atoms with Crippen molar-refractivity contribution >= 4 is 39.8 Å². The van der Waals surface area contributed by atoms with Crippen molar-refractivity contribution < 1.29 is 5.11 Å². The minimum atomic E-state index is 0.250. The summed E-state index contributed by atoms with van der Waals surface area (Å²) in [6.45, 7) is 4.86. The molecule has 0 radical (unpaired) electrons. The molecule has 0 saturated heterocycles. The molecule has 0 aromatic carbocycles. The average molecular weight is 363 g/mol. The number of hydrogen-bond acceptors (Lipinski definition) is 7. The SMILES string of the molecule is CCO.CNSCCCCn1c(C)nc2c(N)nc3cccnc3c21. The van der Waals surface area contributed by atoms with E-state index in [1.807, 2.05) is 26.1 Å². The van der Waals surface area contributed by atoms with Crippen molar-refractivity contribution in [2.75, 3.05) is 25.1 Å². The number of imidazole rings is 1. The van der Waals surface area contributed by atoms with E-state index in [2.05, 4.69) is 24.2 Å². The third-order valence-electron chi connectivity index (χ3n) is 3.68. The van der Waals surface area contributed by atoms with Crippen molar-refractivity contribution in [3.05, 3.63) is 24.2 Å². The Hall–Kier alpha value is -1.90. The zero-order valence-corrected chi connectivity index (χ0v) is 15.8. The van der Waals surface area contributed by atoms with Crippen LogP contribution in [0.5, 0.6) is 0 Å². The van der Waals surface area contributed by atoms with Crippen molar-refractivity contribution in [2.24, 2.45) is 0 Å². The molecule has 0 unspecified atom stereocenters. The van der Waals surface area contributed by atoms with Gasteiger partial charge in [0.2, 0.25) is 0 Å². The molecule has 3 aromatic heterocycles. The molecule has 4 N–H and O–H groups in total. The van der Waals surface area contributed by atoms with E-state index in [0.29, 0.717) is 5.82 Å². The van der Waals surface area contributed by atoms with Gasteiger partial charge in [0, 0.05) is 25.1 Å².